The fraction of sp³-hybridized carbons (Fsp3) is 0.538. The molecule has 0 saturated heterocycles. The van der Waals surface area contributed by atoms with Crippen LogP contribution >= 0.6 is 11.3 Å². The number of fused-ring (bicyclic) bond motifs is 1. The third-order valence-corrected chi connectivity index (χ3v) is 4.41. The van der Waals surface area contributed by atoms with Crippen LogP contribution in [0.2, 0.25) is 0 Å². The molecule has 4 nitrogen and oxygen atoms in total. The van der Waals surface area contributed by atoms with Gasteiger partial charge in [0.2, 0.25) is 0 Å². The molecule has 0 amide bonds. The van der Waals surface area contributed by atoms with Crippen LogP contribution in [0.5, 0.6) is 0 Å². The van der Waals surface area contributed by atoms with Gasteiger partial charge < -0.3 is 5.73 Å². The zero-order valence-electron chi connectivity index (χ0n) is 10.6. The first-order valence-corrected chi connectivity index (χ1v) is 7.28. The summed E-state index contributed by atoms with van der Waals surface area (Å²) in [5, 5.41) is 2.99. The molecule has 0 atom stereocenters. The molecule has 1 aliphatic carbocycles. The predicted molar refractivity (Wildman–Crippen MR) is 75.5 cm³/mol. The topological polar surface area (TPSA) is 55.0 Å². The lowest BCUT2D eigenvalue weighted by Crippen LogP contribution is -2.29. The largest absolute Gasteiger partial charge is 0.383 e. The van der Waals surface area contributed by atoms with Crippen molar-refractivity contribution in [2.75, 3.05) is 19.3 Å². The Balaban J connectivity index is 1.72. The molecule has 0 bridgehead atoms. The standard InChI is InChI=1S/C13H18N4S/c1-17(7-9-3-2-4-9)8-11-15-12(14)10-5-6-18-13(10)16-11/h5-6,9H,2-4,7-8H2,1H3,(H2,14,15,16). The van der Waals surface area contributed by atoms with E-state index < -0.39 is 0 Å². The van der Waals surface area contributed by atoms with E-state index in [1.165, 1.54) is 19.3 Å². The highest BCUT2D eigenvalue weighted by Crippen LogP contribution is 2.27. The summed E-state index contributed by atoms with van der Waals surface area (Å²) >= 11 is 1.62. The minimum Gasteiger partial charge on any atom is -0.383 e. The summed E-state index contributed by atoms with van der Waals surface area (Å²) in [6.45, 7) is 1.93. The summed E-state index contributed by atoms with van der Waals surface area (Å²) in [5.74, 6) is 2.32. The van der Waals surface area contributed by atoms with Gasteiger partial charge in [-0.3, -0.25) is 4.90 Å². The summed E-state index contributed by atoms with van der Waals surface area (Å²) < 4.78 is 0. The van der Waals surface area contributed by atoms with Crippen molar-refractivity contribution < 1.29 is 0 Å². The van der Waals surface area contributed by atoms with Gasteiger partial charge in [-0.1, -0.05) is 6.42 Å². The van der Waals surface area contributed by atoms with Crippen LogP contribution < -0.4 is 5.73 Å². The summed E-state index contributed by atoms with van der Waals surface area (Å²) in [5.41, 5.74) is 5.95. The lowest BCUT2D eigenvalue weighted by atomic mass is 9.85. The van der Waals surface area contributed by atoms with Crippen LogP contribution in [0.3, 0.4) is 0 Å². The van der Waals surface area contributed by atoms with Gasteiger partial charge in [0.1, 0.15) is 16.5 Å². The Kier molecular flexibility index (Phi) is 3.18. The molecule has 1 aliphatic rings. The summed E-state index contributed by atoms with van der Waals surface area (Å²) in [4.78, 5) is 12.3. The van der Waals surface area contributed by atoms with E-state index in [1.807, 2.05) is 11.4 Å². The molecular formula is C13H18N4S. The SMILES string of the molecule is CN(Cc1nc(N)c2ccsc2n1)CC1CCC1. The molecule has 2 aromatic rings. The van der Waals surface area contributed by atoms with Crippen molar-refractivity contribution in [3.8, 4) is 0 Å². The van der Waals surface area contributed by atoms with E-state index in [9.17, 15) is 0 Å². The Hall–Kier alpha value is -1.20. The number of aromatic nitrogens is 2. The maximum Gasteiger partial charge on any atom is 0.146 e. The van der Waals surface area contributed by atoms with Gasteiger partial charge >= 0.3 is 0 Å². The number of hydrogen-bond acceptors (Lipinski definition) is 5. The quantitative estimate of drug-likeness (QED) is 0.920. The Bertz CT molecular complexity index is 547. The highest BCUT2D eigenvalue weighted by atomic mass is 32.1. The van der Waals surface area contributed by atoms with Crippen LogP contribution in [0, 0.1) is 5.92 Å². The third kappa shape index (κ3) is 2.33. The monoisotopic (exact) mass is 262 g/mol. The fourth-order valence-corrected chi connectivity index (χ4v) is 3.21. The maximum atomic E-state index is 5.95. The van der Waals surface area contributed by atoms with E-state index in [0.717, 1.165) is 35.0 Å². The van der Waals surface area contributed by atoms with Gasteiger partial charge in [0.05, 0.1) is 11.9 Å². The molecule has 0 radical (unpaired) electrons. The first-order valence-electron chi connectivity index (χ1n) is 6.40. The fourth-order valence-electron chi connectivity index (χ4n) is 2.42. The number of thiophene rings is 1. The van der Waals surface area contributed by atoms with E-state index in [4.69, 9.17) is 5.73 Å². The normalized spacial score (nSPS) is 16.3. The third-order valence-electron chi connectivity index (χ3n) is 3.61. The number of nitrogens with two attached hydrogens (primary N) is 1. The highest BCUT2D eigenvalue weighted by molar-refractivity contribution is 7.16. The number of anilines is 1. The van der Waals surface area contributed by atoms with E-state index in [1.54, 1.807) is 11.3 Å². The van der Waals surface area contributed by atoms with Crippen LogP contribution in [0.1, 0.15) is 25.1 Å². The van der Waals surface area contributed by atoms with E-state index in [-0.39, 0.29) is 0 Å². The number of rotatable bonds is 4. The molecule has 2 N–H and O–H groups in total. The molecule has 18 heavy (non-hydrogen) atoms. The van der Waals surface area contributed by atoms with Crippen molar-refractivity contribution >= 4 is 27.4 Å². The van der Waals surface area contributed by atoms with Gasteiger partial charge in [0.25, 0.3) is 0 Å². The molecule has 3 rings (SSSR count). The second kappa shape index (κ2) is 4.82. The number of nitrogen functional groups attached to an aromatic ring is 1. The molecule has 1 saturated carbocycles. The van der Waals surface area contributed by atoms with Gasteiger partial charge in [-0.25, -0.2) is 9.97 Å². The zero-order chi connectivity index (χ0) is 12.5. The van der Waals surface area contributed by atoms with Gasteiger partial charge in [-0.15, -0.1) is 11.3 Å². The first-order chi connectivity index (χ1) is 8.72. The zero-order valence-corrected chi connectivity index (χ0v) is 11.4. The van der Waals surface area contributed by atoms with Gasteiger partial charge in [-0.05, 0) is 37.3 Å². The van der Waals surface area contributed by atoms with Crippen molar-refractivity contribution in [1.82, 2.24) is 14.9 Å². The summed E-state index contributed by atoms with van der Waals surface area (Å²) in [6, 6.07) is 1.98. The Morgan fingerprint density at radius 3 is 3.00 bits per heavy atom. The van der Waals surface area contributed by atoms with Crippen LogP contribution in [-0.4, -0.2) is 28.5 Å². The van der Waals surface area contributed by atoms with Crippen molar-refractivity contribution in [1.29, 1.82) is 0 Å². The van der Waals surface area contributed by atoms with E-state index in [2.05, 4.69) is 21.9 Å². The second-order valence-electron chi connectivity index (χ2n) is 5.16. The van der Waals surface area contributed by atoms with Crippen LogP contribution in [0.4, 0.5) is 5.82 Å². The number of nitrogens with zero attached hydrogens (tertiary/aromatic N) is 3. The van der Waals surface area contributed by atoms with Crippen molar-refractivity contribution in [3.05, 3.63) is 17.3 Å². The molecule has 96 valence electrons. The smallest absolute Gasteiger partial charge is 0.146 e. The summed E-state index contributed by atoms with van der Waals surface area (Å²) in [6.07, 6.45) is 4.14. The Morgan fingerprint density at radius 2 is 2.28 bits per heavy atom. The highest BCUT2D eigenvalue weighted by Gasteiger charge is 2.19. The molecular weight excluding hydrogens is 244 g/mol. The minimum atomic E-state index is 0.605. The average molecular weight is 262 g/mol. The Morgan fingerprint density at radius 1 is 1.44 bits per heavy atom. The molecule has 0 spiro atoms. The predicted octanol–water partition coefficient (Wildman–Crippen LogP) is 2.51. The molecule has 0 aromatic carbocycles. The molecule has 0 unspecified atom stereocenters. The molecule has 0 aliphatic heterocycles. The number of hydrogen-bond donors (Lipinski definition) is 1. The van der Waals surface area contributed by atoms with Gasteiger partial charge in [-0.2, -0.15) is 0 Å². The maximum absolute atomic E-state index is 5.95. The Labute approximate surface area is 111 Å². The first kappa shape index (κ1) is 11.9. The lowest BCUT2D eigenvalue weighted by molar-refractivity contribution is 0.197. The molecule has 2 aromatic heterocycles. The second-order valence-corrected chi connectivity index (χ2v) is 6.05. The van der Waals surface area contributed by atoms with Gasteiger partial charge in [0, 0.05) is 6.54 Å². The van der Waals surface area contributed by atoms with Crippen LogP contribution in [0.15, 0.2) is 11.4 Å². The molecule has 2 heterocycles. The molecule has 1 fully saturated rings. The average Bonchev–Trinajstić information content (AvgIpc) is 2.72. The summed E-state index contributed by atoms with van der Waals surface area (Å²) in [7, 11) is 2.14. The van der Waals surface area contributed by atoms with Crippen molar-refractivity contribution in [2.45, 2.75) is 25.8 Å². The van der Waals surface area contributed by atoms with E-state index in [0.29, 0.717) is 5.82 Å². The van der Waals surface area contributed by atoms with Crippen LogP contribution in [0.25, 0.3) is 10.2 Å². The van der Waals surface area contributed by atoms with Crippen molar-refractivity contribution in [3.63, 3.8) is 0 Å². The lowest BCUT2D eigenvalue weighted by Gasteiger charge is -2.29. The van der Waals surface area contributed by atoms with E-state index >= 15 is 0 Å². The van der Waals surface area contributed by atoms with Crippen molar-refractivity contribution in [2.24, 2.45) is 5.92 Å². The minimum absolute atomic E-state index is 0.605. The molecule has 5 heteroatoms. The van der Waals surface area contributed by atoms with Crippen LogP contribution in [-0.2, 0) is 6.54 Å². The van der Waals surface area contributed by atoms with Gasteiger partial charge in [0.15, 0.2) is 0 Å².